The third-order valence-electron chi connectivity index (χ3n) is 9.86. The molecule has 41 heavy (non-hydrogen) atoms. The maximum Gasteiger partial charge on any atom is 0.241 e. The number of carbonyl (C=O) groups is 4. The lowest BCUT2D eigenvalue weighted by atomic mass is 9.51. The number of nitrogens with zero attached hydrogens (tertiary/aromatic N) is 2. The van der Waals surface area contributed by atoms with E-state index in [2.05, 4.69) is 0 Å². The second-order valence-electron chi connectivity index (χ2n) is 11.9. The highest BCUT2D eigenvalue weighted by atomic mass is 16.3. The second-order valence-corrected chi connectivity index (χ2v) is 11.9. The van der Waals surface area contributed by atoms with Gasteiger partial charge in [0.1, 0.15) is 5.75 Å². The van der Waals surface area contributed by atoms with Gasteiger partial charge in [-0.15, -0.1) is 0 Å². The Hall–Kier alpha value is -4.52. The summed E-state index contributed by atoms with van der Waals surface area (Å²) in [5, 5.41) is 10.3. The Labute approximate surface area is 238 Å². The van der Waals surface area contributed by atoms with Crippen LogP contribution >= 0.6 is 0 Å². The highest BCUT2D eigenvalue weighted by molar-refractivity contribution is 6.25. The molecule has 4 amide bonds. The van der Waals surface area contributed by atoms with E-state index in [-0.39, 0.29) is 35.3 Å². The number of phenolic OH excluding ortho intramolecular Hbond substituents is 1. The van der Waals surface area contributed by atoms with Crippen molar-refractivity contribution in [3.8, 4) is 5.75 Å². The van der Waals surface area contributed by atoms with Crippen LogP contribution in [-0.4, -0.2) is 28.7 Å². The number of anilines is 2. The fraction of sp³-hybridized carbons (Fsp3) is 0.294. The van der Waals surface area contributed by atoms with Gasteiger partial charge in [0.25, 0.3) is 0 Å². The largest absolute Gasteiger partial charge is 0.508 e. The van der Waals surface area contributed by atoms with E-state index in [0.717, 1.165) is 11.1 Å². The Morgan fingerprint density at radius 1 is 0.780 bits per heavy atom. The Kier molecular flexibility index (Phi) is 5.58. The number of allylic oxidation sites excluding steroid dienone is 2. The topological polar surface area (TPSA) is 95.0 Å². The fourth-order valence-corrected chi connectivity index (χ4v) is 7.91. The molecule has 7 rings (SSSR count). The molecule has 0 aromatic heterocycles. The molecule has 7 nitrogen and oxygen atoms in total. The van der Waals surface area contributed by atoms with Crippen LogP contribution < -0.4 is 9.80 Å². The lowest BCUT2D eigenvalue weighted by Gasteiger charge is -2.49. The molecule has 0 unspecified atom stereocenters. The average Bonchev–Trinajstić information content (AvgIpc) is 3.35. The van der Waals surface area contributed by atoms with Crippen molar-refractivity contribution in [2.45, 2.75) is 32.6 Å². The monoisotopic (exact) mass is 546 g/mol. The van der Waals surface area contributed by atoms with Crippen LogP contribution in [0.2, 0.25) is 0 Å². The van der Waals surface area contributed by atoms with E-state index in [1.807, 2.05) is 37.3 Å². The van der Waals surface area contributed by atoms with Crippen LogP contribution in [0.5, 0.6) is 5.75 Å². The lowest BCUT2D eigenvalue weighted by Crippen LogP contribution is -2.48. The van der Waals surface area contributed by atoms with Crippen LogP contribution in [0.15, 0.2) is 90.5 Å². The molecule has 0 spiro atoms. The molecule has 2 saturated heterocycles. The average molecular weight is 547 g/mol. The molecule has 1 saturated carbocycles. The number of hydrogen-bond donors (Lipinski definition) is 1. The summed E-state index contributed by atoms with van der Waals surface area (Å²) in [7, 11) is 0. The van der Waals surface area contributed by atoms with Crippen LogP contribution in [0.1, 0.15) is 36.8 Å². The third-order valence-corrected chi connectivity index (χ3v) is 9.86. The number of aryl methyl sites for hydroxylation is 1. The molecule has 1 N–H and O–H groups in total. The third kappa shape index (κ3) is 3.44. The number of amides is 4. The lowest BCUT2D eigenvalue weighted by molar-refractivity contribution is -0.131. The van der Waals surface area contributed by atoms with Crippen LogP contribution in [0.4, 0.5) is 11.4 Å². The number of aromatic hydroxyl groups is 1. The van der Waals surface area contributed by atoms with Crippen LogP contribution in [0.3, 0.4) is 0 Å². The maximum absolute atomic E-state index is 14.4. The standard InChI is InChI=1S/C34H30N2O5/c1-19-17-20(13-16-27(19)37)29-23-14-15-24-28(32(40)35(30(24)38)21-9-5-3-6-10-21)25(23)18-26-31(39)36(33(41)34(26,29)2)22-11-7-4-8-12-22/h3-14,16-17,24-26,28-29,37H,15,18H2,1-2H3/t24-,25+,26-,28-,29-,34+/m0/s1. The Bertz CT molecular complexity index is 1650. The summed E-state index contributed by atoms with van der Waals surface area (Å²) < 4.78 is 0. The fourth-order valence-electron chi connectivity index (χ4n) is 7.91. The van der Waals surface area contributed by atoms with E-state index < -0.39 is 29.1 Å². The summed E-state index contributed by atoms with van der Waals surface area (Å²) in [5.74, 6) is -3.53. The van der Waals surface area contributed by atoms with Gasteiger partial charge < -0.3 is 5.11 Å². The number of phenols is 1. The first-order chi connectivity index (χ1) is 19.7. The van der Waals surface area contributed by atoms with E-state index in [0.29, 0.717) is 29.8 Å². The molecular weight excluding hydrogens is 516 g/mol. The summed E-state index contributed by atoms with van der Waals surface area (Å²) in [6.45, 7) is 3.67. The van der Waals surface area contributed by atoms with E-state index in [9.17, 15) is 24.3 Å². The van der Waals surface area contributed by atoms with Crippen molar-refractivity contribution in [3.63, 3.8) is 0 Å². The molecule has 3 aromatic carbocycles. The van der Waals surface area contributed by atoms with Crippen molar-refractivity contribution >= 4 is 35.0 Å². The first kappa shape index (κ1) is 25.4. The normalized spacial score (nSPS) is 30.7. The summed E-state index contributed by atoms with van der Waals surface area (Å²) in [4.78, 5) is 58.8. The smallest absolute Gasteiger partial charge is 0.241 e. The Balaban J connectivity index is 1.38. The van der Waals surface area contributed by atoms with Gasteiger partial charge >= 0.3 is 0 Å². The number of hydrogen-bond acceptors (Lipinski definition) is 5. The Morgan fingerprint density at radius 2 is 1.41 bits per heavy atom. The predicted octanol–water partition coefficient (Wildman–Crippen LogP) is 5.14. The van der Waals surface area contributed by atoms with Gasteiger partial charge in [0.15, 0.2) is 0 Å². The SMILES string of the molecule is Cc1cc([C@H]2C3=CC[C@@H]4C(=O)N(c5ccccc5)C(=O)[C@@H]4[C@@H]3C[C@H]3C(=O)N(c4ccccc4)C(=O)[C@@]23C)ccc1O. The van der Waals surface area contributed by atoms with Crippen molar-refractivity contribution in [2.75, 3.05) is 9.80 Å². The first-order valence-corrected chi connectivity index (χ1v) is 14.1. The van der Waals surface area contributed by atoms with Crippen molar-refractivity contribution in [2.24, 2.45) is 29.1 Å². The van der Waals surface area contributed by atoms with Gasteiger partial charge in [0.05, 0.1) is 34.5 Å². The van der Waals surface area contributed by atoms with Crippen molar-refractivity contribution < 1.29 is 24.3 Å². The van der Waals surface area contributed by atoms with E-state index >= 15 is 0 Å². The molecule has 3 aromatic rings. The molecule has 7 heteroatoms. The van der Waals surface area contributed by atoms with Crippen molar-refractivity contribution in [3.05, 3.63) is 102 Å². The quantitative estimate of drug-likeness (QED) is 0.363. The Morgan fingerprint density at radius 3 is 2.05 bits per heavy atom. The van der Waals surface area contributed by atoms with Crippen LogP contribution in [0.25, 0.3) is 0 Å². The van der Waals surface area contributed by atoms with Gasteiger partial charge in [-0.3, -0.25) is 24.1 Å². The zero-order valence-corrected chi connectivity index (χ0v) is 22.9. The minimum absolute atomic E-state index is 0.148. The second kappa shape index (κ2) is 8.99. The van der Waals surface area contributed by atoms with Crippen LogP contribution in [0, 0.1) is 36.0 Å². The zero-order chi connectivity index (χ0) is 28.6. The molecule has 2 aliphatic heterocycles. The highest BCUT2D eigenvalue weighted by Crippen LogP contribution is 2.63. The minimum Gasteiger partial charge on any atom is -0.508 e. The molecule has 6 atom stereocenters. The number of carbonyl (C=O) groups excluding carboxylic acids is 4. The summed E-state index contributed by atoms with van der Waals surface area (Å²) in [6.07, 6.45) is 2.75. The highest BCUT2D eigenvalue weighted by Gasteiger charge is 2.67. The molecule has 2 aliphatic carbocycles. The van der Waals surface area contributed by atoms with Gasteiger partial charge in [-0.25, -0.2) is 4.90 Å². The number of fused-ring (bicyclic) bond motifs is 4. The van der Waals surface area contributed by atoms with Crippen molar-refractivity contribution in [1.29, 1.82) is 0 Å². The minimum atomic E-state index is -1.10. The molecule has 206 valence electrons. The van der Waals surface area contributed by atoms with Crippen molar-refractivity contribution in [1.82, 2.24) is 0 Å². The maximum atomic E-state index is 14.4. The molecule has 0 radical (unpaired) electrons. The number of imide groups is 2. The van der Waals surface area contributed by atoms with Gasteiger partial charge in [-0.1, -0.05) is 60.2 Å². The molecule has 2 heterocycles. The summed E-state index contributed by atoms with van der Waals surface area (Å²) in [5.41, 5.74) is 2.38. The molecule has 4 aliphatic rings. The molecule has 0 bridgehead atoms. The van der Waals surface area contributed by atoms with Gasteiger partial charge in [-0.2, -0.15) is 0 Å². The summed E-state index contributed by atoms with van der Waals surface area (Å²) >= 11 is 0. The van der Waals surface area contributed by atoms with E-state index in [4.69, 9.17) is 0 Å². The molecular formula is C34H30N2O5. The van der Waals surface area contributed by atoms with Gasteiger partial charge in [-0.05, 0) is 74.1 Å². The molecule has 3 fully saturated rings. The van der Waals surface area contributed by atoms with E-state index in [1.165, 1.54) is 9.80 Å². The predicted molar refractivity (Wildman–Crippen MR) is 153 cm³/mol. The van der Waals surface area contributed by atoms with Gasteiger partial charge in [0, 0.05) is 5.92 Å². The number of benzene rings is 3. The number of para-hydroxylation sites is 2. The zero-order valence-electron chi connectivity index (χ0n) is 22.9. The first-order valence-electron chi connectivity index (χ1n) is 14.1. The van der Waals surface area contributed by atoms with Crippen LogP contribution in [-0.2, 0) is 19.2 Å². The van der Waals surface area contributed by atoms with Gasteiger partial charge in [0.2, 0.25) is 23.6 Å². The number of rotatable bonds is 3. The summed E-state index contributed by atoms with van der Waals surface area (Å²) in [6, 6.07) is 23.2. The van der Waals surface area contributed by atoms with E-state index in [1.54, 1.807) is 61.5 Å².